The van der Waals surface area contributed by atoms with Crippen LogP contribution in [0.5, 0.6) is 5.75 Å². The van der Waals surface area contributed by atoms with Crippen molar-refractivity contribution < 1.29 is 19.0 Å². The van der Waals surface area contributed by atoms with Crippen molar-refractivity contribution in [1.29, 1.82) is 0 Å². The van der Waals surface area contributed by atoms with E-state index in [1.807, 2.05) is 0 Å². The molecule has 1 heterocycles. The summed E-state index contributed by atoms with van der Waals surface area (Å²) in [4.78, 5) is 11.4. The Morgan fingerprint density at radius 1 is 1.65 bits per heavy atom. The zero-order valence-corrected chi connectivity index (χ0v) is 12.1. The largest absolute Gasteiger partial charge is 0.493 e. The van der Waals surface area contributed by atoms with Crippen molar-refractivity contribution >= 4 is 17.5 Å². The number of amides is 1. The molecule has 110 valence electrons. The van der Waals surface area contributed by atoms with Gasteiger partial charge in [0.1, 0.15) is 11.6 Å². The van der Waals surface area contributed by atoms with Gasteiger partial charge in [-0.2, -0.15) is 0 Å². The summed E-state index contributed by atoms with van der Waals surface area (Å²) in [6, 6.07) is 1.38. The molecule has 1 aromatic rings. The number of rotatable bonds is 4. The first-order chi connectivity index (χ1) is 9.45. The second-order valence-corrected chi connectivity index (χ2v) is 5.23. The van der Waals surface area contributed by atoms with Crippen molar-refractivity contribution in [2.24, 2.45) is 0 Å². The van der Waals surface area contributed by atoms with Gasteiger partial charge in [-0.3, -0.25) is 4.79 Å². The molecule has 2 atom stereocenters. The molecule has 1 amide bonds. The van der Waals surface area contributed by atoms with E-state index in [-0.39, 0.29) is 28.8 Å². The van der Waals surface area contributed by atoms with Gasteiger partial charge in [0, 0.05) is 30.0 Å². The van der Waals surface area contributed by atoms with Crippen LogP contribution in [0.2, 0.25) is 5.02 Å². The van der Waals surface area contributed by atoms with Crippen molar-refractivity contribution in [3.8, 4) is 5.75 Å². The van der Waals surface area contributed by atoms with Gasteiger partial charge in [-0.1, -0.05) is 11.6 Å². The number of hydrogen-bond acceptors (Lipinski definition) is 3. The summed E-state index contributed by atoms with van der Waals surface area (Å²) in [7, 11) is 0. The molecule has 2 rings (SSSR count). The lowest BCUT2D eigenvalue weighted by molar-refractivity contribution is -0.119. The Bertz CT molecular complexity index is 534. The molecule has 1 aliphatic rings. The molecule has 2 N–H and O–H groups in total. The van der Waals surface area contributed by atoms with Crippen molar-refractivity contribution in [3.05, 3.63) is 28.0 Å². The van der Waals surface area contributed by atoms with Crippen molar-refractivity contribution in [2.75, 3.05) is 13.2 Å². The minimum Gasteiger partial charge on any atom is -0.493 e. The maximum Gasteiger partial charge on any atom is 0.220 e. The summed E-state index contributed by atoms with van der Waals surface area (Å²) < 4.78 is 19.9. The van der Waals surface area contributed by atoms with Gasteiger partial charge in [0.15, 0.2) is 0 Å². The number of ether oxygens (including phenoxy) is 1. The highest BCUT2D eigenvalue weighted by atomic mass is 35.5. The smallest absolute Gasteiger partial charge is 0.220 e. The highest BCUT2D eigenvalue weighted by Crippen LogP contribution is 2.41. The standard InChI is InChI=1S/C14H17ClFNO3/c1-3-20-14-9(7(2)18)5-10(15)13(16)12(14)8-4-11(19)17-6-8/h5,7-8,18H,3-4,6H2,1-2H3,(H,17,19)/t7-,8+/m1/s1. The number of carbonyl (C=O) groups excluding carboxylic acids is 1. The van der Waals surface area contributed by atoms with Crippen LogP contribution in [0, 0.1) is 5.82 Å². The number of nitrogens with one attached hydrogen (secondary N) is 1. The first kappa shape index (κ1) is 15.1. The average molecular weight is 302 g/mol. The van der Waals surface area contributed by atoms with Gasteiger partial charge in [0.05, 0.1) is 17.7 Å². The summed E-state index contributed by atoms with van der Waals surface area (Å²) in [5.41, 5.74) is 0.709. The zero-order valence-electron chi connectivity index (χ0n) is 11.4. The van der Waals surface area contributed by atoms with Gasteiger partial charge >= 0.3 is 0 Å². The number of hydrogen-bond donors (Lipinski definition) is 2. The van der Waals surface area contributed by atoms with Crippen LogP contribution in [0.3, 0.4) is 0 Å². The molecule has 0 aromatic heterocycles. The fourth-order valence-corrected chi connectivity index (χ4v) is 2.66. The Hall–Kier alpha value is -1.33. The molecule has 20 heavy (non-hydrogen) atoms. The normalized spacial score (nSPS) is 19.9. The summed E-state index contributed by atoms with van der Waals surface area (Å²) >= 11 is 5.90. The first-order valence-electron chi connectivity index (χ1n) is 6.55. The molecule has 1 fully saturated rings. The lowest BCUT2D eigenvalue weighted by atomic mass is 9.93. The molecule has 1 aliphatic heterocycles. The number of benzene rings is 1. The molecule has 0 radical (unpaired) electrons. The molecule has 0 saturated carbocycles. The van der Waals surface area contributed by atoms with Gasteiger partial charge in [-0.05, 0) is 19.9 Å². The third kappa shape index (κ3) is 2.74. The summed E-state index contributed by atoms with van der Waals surface area (Å²) in [5.74, 6) is -0.748. The van der Waals surface area contributed by atoms with E-state index in [0.29, 0.717) is 24.5 Å². The summed E-state index contributed by atoms with van der Waals surface area (Å²) in [5, 5.41) is 12.4. The van der Waals surface area contributed by atoms with E-state index in [1.165, 1.54) is 6.07 Å². The van der Waals surface area contributed by atoms with Crippen LogP contribution >= 0.6 is 11.6 Å². The van der Waals surface area contributed by atoms with E-state index in [9.17, 15) is 14.3 Å². The Morgan fingerprint density at radius 3 is 2.85 bits per heavy atom. The van der Waals surface area contributed by atoms with E-state index >= 15 is 0 Å². The number of carbonyl (C=O) groups is 1. The summed E-state index contributed by atoms with van der Waals surface area (Å²) in [6.45, 7) is 4.02. The Kier molecular flexibility index (Phi) is 4.50. The van der Waals surface area contributed by atoms with Crippen LogP contribution < -0.4 is 10.1 Å². The molecule has 1 saturated heterocycles. The van der Waals surface area contributed by atoms with E-state index in [0.717, 1.165) is 0 Å². The lowest BCUT2D eigenvalue weighted by Gasteiger charge is -2.21. The van der Waals surface area contributed by atoms with Crippen LogP contribution in [-0.2, 0) is 4.79 Å². The predicted molar refractivity (Wildman–Crippen MR) is 73.6 cm³/mol. The van der Waals surface area contributed by atoms with Crippen LogP contribution in [0.15, 0.2) is 6.07 Å². The summed E-state index contributed by atoms with van der Waals surface area (Å²) in [6.07, 6.45) is -0.644. The monoisotopic (exact) mass is 301 g/mol. The quantitative estimate of drug-likeness (QED) is 0.898. The molecule has 0 aliphatic carbocycles. The van der Waals surface area contributed by atoms with Crippen LogP contribution in [-0.4, -0.2) is 24.2 Å². The maximum atomic E-state index is 14.4. The third-order valence-corrected chi connectivity index (χ3v) is 3.63. The maximum absolute atomic E-state index is 14.4. The van der Waals surface area contributed by atoms with Crippen molar-refractivity contribution in [1.82, 2.24) is 5.32 Å². The third-order valence-electron chi connectivity index (χ3n) is 3.36. The Balaban J connectivity index is 2.59. The molecule has 0 spiro atoms. The predicted octanol–water partition coefficient (Wildman–Crippen LogP) is 2.53. The highest BCUT2D eigenvalue weighted by Gasteiger charge is 2.31. The van der Waals surface area contributed by atoms with Crippen LogP contribution in [0.1, 0.15) is 43.4 Å². The SMILES string of the molecule is CCOc1c([C@@H](C)O)cc(Cl)c(F)c1[C@@H]1CNC(=O)C1. The highest BCUT2D eigenvalue weighted by molar-refractivity contribution is 6.31. The number of aliphatic hydroxyl groups excluding tert-OH is 1. The number of halogens is 2. The second-order valence-electron chi connectivity index (χ2n) is 4.82. The molecular formula is C14H17ClFNO3. The number of aliphatic hydroxyl groups is 1. The average Bonchev–Trinajstić information content (AvgIpc) is 2.80. The van der Waals surface area contributed by atoms with Crippen LogP contribution in [0.25, 0.3) is 0 Å². The zero-order chi connectivity index (χ0) is 14.9. The molecule has 6 heteroatoms. The van der Waals surface area contributed by atoms with E-state index in [2.05, 4.69) is 5.32 Å². The first-order valence-corrected chi connectivity index (χ1v) is 6.92. The molecule has 0 bridgehead atoms. The van der Waals surface area contributed by atoms with Gasteiger partial charge in [-0.15, -0.1) is 0 Å². The Morgan fingerprint density at radius 2 is 2.35 bits per heavy atom. The molecular weight excluding hydrogens is 285 g/mol. The van der Waals surface area contributed by atoms with Gasteiger partial charge in [-0.25, -0.2) is 4.39 Å². The Labute approximate surface area is 121 Å². The fourth-order valence-electron chi connectivity index (χ4n) is 2.44. The van der Waals surface area contributed by atoms with E-state index in [1.54, 1.807) is 13.8 Å². The molecule has 0 unspecified atom stereocenters. The van der Waals surface area contributed by atoms with Crippen molar-refractivity contribution in [2.45, 2.75) is 32.3 Å². The minimum atomic E-state index is -0.835. The van der Waals surface area contributed by atoms with E-state index in [4.69, 9.17) is 16.3 Å². The minimum absolute atomic E-state index is 0.0706. The van der Waals surface area contributed by atoms with Gasteiger partial charge in [0.2, 0.25) is 5.91 Å². The molecule has 4 nitrogen and oxygen atoms in total. The topological polar surface area (TPSA) is 58.6 Å². The van der Waals surface area contributed by atoms with Crippen molar-refractivity contribution in [3.63, 3.8) is 0 Å². The van der Waals surface area contributed by atoms with E-state index < -0.39 is 11.9 Å². The van der Waals surface area contributed by atoms with Crippen LogP contribution in [0.4, 0.5) is 4.39 Å². The molecule has 1 aromatic carbocycles. The lowest BCUT2D eigenvalue weighted by Crippen LogP contribution is -2.15. The van der Waals surface area contributed by atoms with Gasteiger partial charge < -0.3 is 15.2 Å². The second kappa shape index (κ2) is 5.97. The fraction of sp³-hybridized carbons (Fsp3) is 0.500. The van der Waals surface area contributed by atoms with Gasteiger partial charge in [0.25, 0.3) is 0 Å².